The summed E-state index contributed by atoms with van der Waals surface area (Å²) in [6, 6.07) is 0. The minimum absolute atomic E-state index is 0. The van der Waals surface area contributed by atoms with Gasteiger partial charge in [0.1, 0.15) is 0 Å². The van der Waals surface area contributed by atoms with E-state index in [1.54, 1.807) is 0 Å². The van der Waals surface area contributed by atoms with Gasteiger partial charge in [-0.05, 0) is 19.0 Å². The molecule has 0 rings (SSSR count). The van der Waals surface area contributed by atoms with Gasteiger partial charge in [0.2, 0.25) is 0 Å². The van der Waals surface area contributed by atoms with Crippen LogP contribution in [0.25, 0.3) is 0 Å². The SMILES string of the molecule is CC(C)CO.CCNCC.[AlH3]. The molecule has 0 saturated carbocycles. The zero-order chi connectivity index (χ0) is 8.41. The lowest BCUT2D eigenvalue weighted by atomic mass is 10.2. The highest BCUT2D eigenvalue weighted by Gasteiger charge is 1.81. The molecule has 0 heterocycles. The third kappa shape index (κ3) is 37.7. The van der Waals surface area contributed by atoms with Gasteiger partial charge in [0.15, 0.2) is 17.4 Å². The molecule has 0 aromatic heterocycles. The molecule has 0 aliphatic carbocycles. The van der Waals surface area contributed by atoms with Crippen molar-refractivity contribution in [1.82, 2.24) is 5.32 Å². The van der Waals surface area contributed by atoms with Crippen molar-refractivity contribution in [2.75, 3.05) is 19.7 Å². The summed E-state index contributed by atoms with van der Waals surface area (Å²) in [4.78, 5) is 0. The normalized spacial score (nSPS) is 8.18. The van der Waals surface area contributed by atoms with Crippen LogP contribution < -0.4 is 5.32 Å². The minimum atomic E-state index is 0. The molecule has 0 radical (unpaired) electrons. The smallest absolute Gasteiger partial charge is 0.187 e. The third-order valence-corrected chi connectivity index (χ3v) is 0.865. The Morgan fingerprint density at radius 3 is 1.45 bits per heavy atom. The second-order valence-corrected chi connectivity index (χ2v) is 2.53. The second kappa shape index (κ2) is 16.8. The zero-order valence-corrected chi connectivity index (χ0v) is 7.65. The Morgan fingerprint density at radius 1 is 1.18 bits per heavy atom. The van der Waals surface area contributed by atoms with Gasteiger partial charge < -0.3 is 10.4 Å². The Balaban J connectivity index is -0.000000107. The fourth-order valence-electron chi connectivity index (χ4n) is 0.250. The highest BCUT2D eigenvalue weighted by Crippen LogP contribution is 1.83. The summed E-state index contributed by atoms with van der Waals surface area (Å²) >= 11 is 0. The number of hydrogen-bond acceptors (Lipinski definition) is 2. The van der Waals surface area contributed by atoms with Gasteiger partial charge in [0, 0.05) is 6.61 Å². The molecular formula is C8H24AlNO. The first-order valence-corrected chi connectivity index (χ1v) is 4.00. The minimum Gasteiger partial charge on any atom is -0.396 e. The van der Waals surface area contributed by atoms with Crippen LogP contribution in [-0.2, 0) is 0 Å². The van der Waals surface area contributed by atoms with E-state index in [2.05, 4.69) is 19.2 Å². The first-order valence-electron chi connectivity index (χ1n) is 4.00. The van der Waals surface area contributed by atoms with Crippen LogP contribution in [0.3, 0.4) is 0 Å². The maximum absolute atomic E-state index is 8.14. The van der Waals surface area contributed by atoms with E-state index in [1.165, 1.54) is 0 Å². The summed E-state index contributed by atoms with van der Waals surface area (Å²) in [5, 5.41) is 11.3. The Kier molecular flexibility index (Phi) is 26.8. The van der Waals surface area contributed by atoms with Crippen LogP contribution in [0.15, 0.2) is 0 Å². The van der Waals surface area contributed by atoms with E-state index in [-0.39, 0.29) is 17.4 Å². The van der Waals surface area contributed by atoms with Crippen LogP contribution in [0.1, 0.15) is 27.7 Å². The summed E-state index contributed by atoms with van der Waals surface area (Å²) in [6.07, 6.45) is 0. The lowest BCUT2D eigenvalue weighted by molar-refractivity contribution is 0.248. The van der Waals surface area contributed by atoms with E-state index in [4.69, 9.17) is 5.11 Å². The molecule has 70 valence electrons. The molecule has 3 heteroatoms. The molecule has 0 amide bonds. The van der Waals surface area contributed by atoms with Gasteiger partial charge in [-0.2, -0.15) is 0 Å². The molecule has 0 bridgehead atoms. The van der Waals surface area contributed by atoms with E-state index < -0.39 is 0 Å². The quantitative estimate of drug-likeness (QED) is 0.598. The lowest BCUT2D eigenvalue weighted by Gasteiger charge is -1.90. The first-order chi connectivity index (χ1) is 4.68. The number of nitrogens with one attached hydrogen (secondary N) is 1. The molecule has 0 spiro atoms. The van der Waals surface area contributed by atoms with Crippen molar-refractivity contribution in [3.8, 4) is 0 Å². The number of aliphatic hydroxyl groups is 1. The Labute approximate surface area is 81.5 Å². The van der Waals surface area contributed by atoms with E-state index >= 15 is 0 Å². The average Bonchev–Trinajstić information content (AvgIpc) is 1.91. The van der Waals surface area contributed by atoms with Gasteiger partial charge in [-0.15, -0.1) is 0 Å². The van der Waals surface area contributed by atoms with Gasteiger partial charge in [0.25, 0.3) is 0 Å². The Morgan fingerprint density at radius 2 is 1.45 bits per heavy atom. The van der Waals surface area contributed by atoms with Crippen molar-refractivity contribution in [3.63, 3.8) is 0 Å². The molecule has 0 aliphatic rings. The lowest BCUT2D eigenvalue weighted by Crippen LogP contribution is -2.09. The number of rotatable bonds is 3. The van der Waals surface area contributed by atoms with Gasteiger partial charge in [0.05, 0.1) is 0 Å². The fraction of sp³-hybridized carbons (Fsp3) is 1.00. The summed E-state index contributed by atoms with van der Waals surface area (Å²) < 4.78 is 0. The van der Waals surface area contributed by atoms with E-state index in [1.807, 2.05) is 13.8 Å². The van der Waals surface area contributed by atoms with Gasteiger partial charge >= 0.3 is 0 Å². The van der Waals surface area contributed by atoms with Crippen molar-refractivity contribution in [3.05, 3.63) is 0 Å². The molecule has 0 saturated heterocycles. The van der Waals surface area contributed by atoms with Crippen LogP contribution in [-0.4, -0.2) is 42.2 Å². The van der Waals surface area contributed by atoms with Gasteiger partial charge in [-0.25, -0.2) is 0 Å². The summed E-state index contributed by atoms with van der Waals surface area (Å²) in [7, 11) is 0. The maximum atomic E-state index is 8.14. The Hall–Kier alpha value is 0.452. The summed E-state index contributed by atoms with van der Waals surface area (Å²) in [6.45, 7) is 10.6. The molecule has 0 unspecified atom stereocenters. The molecule has 0 aromatic carbocycles. The summed E-state index contributed by atoms with van der Waals surface area (Å²) in [5.41, 5.74) is 0. The monoisotopic (exact) mass is 177 g/mol. The molecule has 0 atom stereocenters. The van der Waals surface area contributed by atoms with Crippen molar-refractivity contribution in [1.29, 1.82) is 0 Å². The molecule has 0 aromatic rings. The van der Waals surface area contributed by atoms with E-state index in [0.717, 1.165) is 13.1 Å². The molecular weight excluding hydrogens is 153 g/mol. The predicted octanol–water partition coefficient (Wildman–Crippen LogP) is 0.0666. The highest BCUT2D eigenvalue weighted by molar-refractivity contribution is 5.75. The largest absolute Gasteiger partial charge is 0.396 e. The van der Waals surface area contributed by atoms with E-state index in [9.17, 15) is 0 Å². The van der Waals surface area contributed by atoms with Crippen LogP contribution in [0.2, 0.25) is 0 Å². The van der Waals surface area contributed by atoms with Gasteiger partial charge in [-0.1, -0.05) is 27.7 Å². The van der Waals surface area contributed by atoms with Crippen LogP contribution in [0.4, 0.5) is 0 Å². The van der Waals surface area contributed by atoms with E-state index in [0.29, 0.717) is 12.5 Å². The van der Waals surface area contributed by atoms with Crippen molar-refractivity contribution in [2.24, 2.45) is 5.92 Å². The standard InChI is InChI=1S/C4H11N.C4H10O.Al.3H/c1-3-5-4-2;1-4(2)3-5;;;;/h5H,3-4H2,1-2H3;4-5H,3H2,1-2H3;;;;. The number of hydrogen-bond donors (Lipinski definition) is 2. The molecule has 0 fully saturated rings. The Bertz CT molecular complexity index is 49.4. The maximum Gasteiger partial charge on any atom is 0.187 e. The average molecular weight is 177 g/mol. The second-order valence-electron chi connectivity index (χ2n) is 2.53. The fourth-order valence-corrected chi connectivity index (χ4v) is 0.250. The highest BCUT2D eigenvalue weighted by atomic mass is 27.0. The molecule has 2 N–H and O–H groups in total. The van der Waals surface area contributed by atoms with Crippen molar-refractivity contribution >= 4 is 17.4 Å². The first kappa shape index (κ1) is 17.5. The zero-order valence-electron chi connectivity index (χ0n) is 7.65. The van der Waals surface area contributed by atoms with Crippen LogP contribution in [0.5, 0.6) is 0 Å². The molecule has 2 nitrogen and oxygen atoms in total. The third-order valence-electron chi connectivity index (χ3n) is 0.865. The predicted molar refractivity (Wildman–Crippen MR) is 56.1 cm³/mol. The van der Waals surface area contributed by atoms with Crippen molar-refractivity contribution < 1.29 is 5.11 Å². The number of aliphatic hydroxyl groups excluding tert-OH is 1. The van der Waals surface area contributed by atoms with Crippen LogP contribution in [0, 0.1) is 5.92 Å². The van der Waals surface area contributed by atoms with Crippen molar-refractivity contribution in [2.45, 2.75) is 27.7 Å². The molecule has 11 heavy (non-hydrogen) atoms. The molecule has 0 aliphatic heterocycles. The summed E-state index contributed by atoms with van der Waals surface area (Å²) in [5.74, 6) is 0.440. The van der Waals surface area contributed by atoms with Gasteiger partial charge in [-0.3, -0.25) is 0 Å². The van der Waals surface area contributed by atoms with Crippen LogP contribution >= 0.6 is 0 Å². The topological polar surface area (TPSA) is 32.3 Å².